The van der Waals surface area contributed by atoms with Gasteiger partial charge in [0.05, 0.1) is 0 Å². The Hall–Kier alpha value is -0.500. The molecule has 0 aliphatic carbocycles. The van der Waals surface area contributed by atoms with E-state index in [1.54, 1.807) is 0 Å². The molecule has 0 fully saturated rings. The van der Waals surface area contributed by atoms with Crippen LogP contribution in [0.4, 0.5) is 0 Å². The van der Waals surface area contributed by atoms with Crippen molar-refractivity contribution in [1.29, 1.82) is 0 Å². The number of hydrogen-bond acceptors (Lipinski definition) is 1. The molecule has 13 heavy (non-hydrogen) atoms. The zero-order valence-electron chi connectivity index (χ0n) is 8.00. The van der Waals surface area contributed by atoms with Crippen molar-refractivity contribution in [3.8, 4) is 0 Å². The van der Waals surface area contributed by atoms with Gasteiger partial charge in [-0.25, -0.2) is 0 Å². The van der Waals surface area contributed by atoms with Gasteiger partial charge in [-0.2, -0.15) is 5.10 Å². The monoisotopic (exact) mass is 202 g/mol. The average Bonchev–Trinajstić information content (AvgIpc) is 2.30. The van der Waals surface area contributed by atoms with Gasteiger partial charge >= 0.3 is 0 Å². The van der Waals surface area contributed by atoms with Crippen LogP contribution >= 0.6 is 11.6 Å². The third-order valence-corrected chi connectivity index (χ3v) is 2.16. The molecule has 0 aromatic carbocycles. The maximum absolute atomic E-state index is 5.95. The highest BCUT2D eigenvalue weighted by molar-refractivity contribution is 6.30. The van der Waals surface area contributed by atoms with E-state index in [1.165, 1.54) is 0 Å². The van der Waals surface area contributed by atoms with Crippen LogP contribution in [0.3, 0.4) is 0 Å². The summed E-state index contributed by atoms with van der Waals surface area (Å²) in [7, 11) is 0. The van der Waals surface area contributed by atoms with Gasteiger partial charge in [0, 0.05) is 17.8 Å². The average molecular weight is 203 g/mol. The summed E-state index contributed by atoms with van der Waals surface area (Å²) >= 11 is 5.95. The lowest BCUT2D eigenvalue weighted by atomic mass is 10.1. The summed E-state index contributed by atoms with van der Waals surface area (Å²) in [5.41, 5.74) is 1.13. The number of nitrogens with zero attached hydrogens (tertiary/aromatic N) is 2. The Morgan fingerprint density at radius 1 is 1.31 bits per heavy atom. The maximum atomic E-state index is 5.95. The summed E-state index contributed by atoms with van der Waals surface area (Å²) in [5.74, 6) is 0.449. The summed E-state index contributed by atoms with van der Waals surface area (Å²) in [6, 6.07) is 0.384. The molecule has 1 heterocycles. The topological polar surface area (TPSA) is 17.8 Å². The lowest BCUT2D eigenvalue weighted by Gasteiger charge is -2.03. The van der Waals surface area contributed by atoms with Crippen LogP contribution in [0.25, 0.3) is 0 Å². The van der Waals surface area contributed by atoms with Gasteiger partial charge in [-0.1, -0.05) is 32.9 Å². The molecular formula is C10H19ClN2. The zero-order valence-corrected chi connectivity index (χ0v) is 8.76. The normalized spacial score (nSPS) is 10.7. The van der Waals surface area contributed by atoms with E-state index in [2.05, 4.69) is 32.8 Å². The van der Waals surface area contributed by atoms with E-state index < -0.39 is 0 Å². The van der Waals surface area contributed by atoms with Crippen LogP contribution in [0.1, 0.15) is 52.6 Å². The number of hydrogen-bond donors (Lipinski definition) is 0. The highest BCUT2D eigenvalue weighted by atomic mass is 35.5. The first kappa shape index (κ1) is 12.5. The van der Waals surface area contributed by atoms with Gasteiger partial charge in [-0.15, -0.1) is 0 Å². The fraction of sp³-hybridized carbons (Fsp3) is 0.700. The van der Waals surface area contributed by atoms with E-state index in [0.717, 1.165) is 5.56 Å². The summed E-state index contributed by atoms with van der Waals surface area (Å²) in [4.78, 5) is 0. The summed E-state index contributed by atoms with van der Waals surface area (Å²) in [6.07, 6.45) is 2.03. The molecule has 0 saturated carbocycles. The highest BCUT2D eigenvalue weighted by Crippen LogP contribution is 2.23. The van der Waals surface area contributed by atoms with Crippen LogP contribution in [0.2, 0.25) is 5.15 Å². The SMILES string of the molecule is C.CC(C)c1cn(C(C)C)nc1Cl. The third-order valence-electron chi connectivity index (χ3n) is 1.86. The molecule has 0 aliphatic heterocycles. The van der Waals surface area contributed by atoms with Crippen molar-refractivity contribution in [3.63, 3.8) is 0 Å². The predicted octanol–water partition coefficient (Wildman–Crippen LogP) is 3.88. The molecule has 76 valence electrons. The highest BCUT2D eigenvalue weighted by Gasteiger charge is 2.10. The molecule has 1 aromatic heterocycles. The molecule has 0 bridgehead atoms. The van der Waals surface area contributed by atoms with E-state index >= 15 is 0 Å². The first-order valence-electron chi connectivity index (χ1n) is 4.27. The van der Waals surface area contributed by atoms with Crippen molar-refractivity contribution in [3.05, 3.63) is 16.9 Å². The summed E-state index contributed by atoms with van der Waals surface area (Å²) < 4.78 is 1.90. The van der Waals surface area contributed by atoms with Crippen LogP contribution in [0.5, 0.6) is 0 Å². The lowest BCUT2D eigenvalue weighted by Crippen LogP contribution is -2.00. The molecule has 0 amide bonds. The zero-order chi connectivity index (χ0) is 9.30. The van der Waals surface area contributed by atoms with E-state index in [4.69, 9.17) is 11.6 Å². The smallest absolute Gasteiger partial charge is 0.154 e. The molecule has 3 heteroatoms. The first-order valence-corrected chi connectivity index (χ1v) is 4.64. The van der Waals surface area contributed by atoms with Gasteiger partial charge in [0.25, 0.3) is 0 Å². The Kier molecular flexibility index (Phi) is 4.48. The van der Waals surface area contributed by atoms with Crippen molar-refractivity contribution in [1.82, 2.24) is 9.78 Å². The minimum Gasteiger partial charge on any atom is -0.268 e. The maximum Gasteiger partial charge on any atom is 0.154 e. The van der Waals surface area contributed by atoms with Crippen molar-refractivity contribution >= 4 is 11.6 Å². The molecule has 0 spiro atoms. The van der Waals surface area contributed by atoms with E-state index in [-0.39, 0.29) is 7.43 Å². The summed E-state index contributed by atoms with van der Waals surface area (Å²) in [5, 5.41) is 4.85. The van der Waals surface area contributed by atoms with Gasteiger partial charge in [-0.05, 0) is 19.8 Å². The number of aromatic nitrogens is 2. The molecule has 1 aromatic rings. The summed E-state index contributed by atoms with van der Waals surface area (Å²) in [6.45, 7) is 8.42. The predicted molar refractivity (Wildman–Crippen MR) is 58.4 cm³/mol. The second-order valence-corrected chi connectivity index (χ2v) is 3.96. The van der Waals surface area contributed by atoms with Gasteiger partial charge in [0.2, 0.25) is 0 Å². The molecule has 1 rings (SSSR count). The number of rotatable bonds is 2. The lowest BCUT2D eigenvalue weighted by molar-refractivity contribution is 0.532. The van der Waals surface area contributed by atoms with Gasteiger partial charge in [0.15, 0.2) is 5.15 Å². The Morgan fingerprint density at radius 2 is 1.85 bits per heavy atom. The molecule has 2 nitrogen and oxygen atoms in total. The van der Waals surface area contributed by atoms with E-state index in [1.807, 2.05) is 10.9 Å². The molecular weight excluding hydrogens is 184 g/mol. The van der Waals surface area contributed by atoms with Crippen LogP contribution in [0, 0.1) is 0 Å². The fourth-order valence-corrected chi connectivity index (χ4v) is 1.39. The quantitative estimate of drug-likeness (QED) is 0.712. The molecule has 0 N–H and O–H groups in total. The van der Waals surface area contributed by atoms with Gasteiger partial charge in [-0.3, -0.25) is 4.68 Å². The minimum atomic E-state index is 0. The number of halogens is 1. The molecule has 0 radical (unpaired) electrons. The Morgan fingerprint density at radius 3 is 2.08 bits per heavy atom. The minimum absolute atomic E-state index is 0. The third kappa shape index (κ3) is 2.73. The molecule has 0 saturated heterocycles. The Labute approximate surface area is 85.9 Å². The Balaban J connectivity index is 0.00000144. The van der Waals surface area contributed by atoms with Crippen molar-refractivity contribution < 1.29 is 0 Å². The van der Waals surface area contributed by atoms with Crippen LogP contribution in [0.15, 0.2) is 6.20 Å². The van der Waals surface area contributed by atoms with Gasteiger partial charge < -0.3 is 0 Å². The first-order chi connectivity index (χ1) is 5.52. The fourth-order valence-electron chi connectivity index (χ4n) is 1.04. The second kappa shape index (κ2) is 4.66. The van der Waals surface area contributed by atoms with Crippen LogP contribution < -0.4 is 0 Å². The van der Waals surface area contributed by atoms with Crippen molar-refractivity contribution in [2.45, 2.75) is 47.1 Å². The molecule has 0 unspecified atom stereocenters. The Bertz CT molecular complexity index is 264. The standard InChI is InChI=1S/C9H15ClN2.CH4/c1-6(2)8-5-12(7(3)4)11-9(8)10;/h5-7H,1-4H3;1H4. The molecule has 0 atom stereocenters. The largest absolute Gasteiger partial charge is 0.268 e. The van der Waals surface area contributed by atoms with Crippen LogP contribution in [-0.4, -0.2) is 9.78 Å². The van der Waals surface area contributed by atoms with Crippen LogP contribution in [-0.2, 0) is 0 Å². The van der Waals surface area contributed by atoms with Gasteiger partial charge in [0.1, 0.15) is 0 Å². The molecule has 0 aliphatic rings. The second-order valence-electron chi connectivity index (χ2n) is 3.60. The van der Waals surface area contributed by atoms with Crippen molar-refractivity contribution in [2.75, 3.05) is 0 Å². The van der Waals surface area contributed by atoms with Crippen molar-refractivity contribution in [2.24, 2.45) is 0 Å². The van der Waals surface area contributed by atoms with E-state index in [0.29, 0.717) is 17.1 Å². The van der Waals surface area contributed by atoms with E-state index in [9.17, 15) is 0 Å².